The average Bonchev–Trinajstić information content (AvgIpc) is 2.40. The van der Waals surface area contributed by atoms with Crippen LogP contribution in [0.5, 0.6) is 0 Å². The second kappa shape index (κ2) is 6.15. The van der Waals surface area contributed by atoms with Crippen molar-refractivity contribution in [3.63, 3.8) is 0 Å². The first-order valence-electron chi connectivity index (χ1n) is 6.38. The van der Waals surface area contributed by atoms with Crippen LogP contribution in [0.1, 0.15) is 29.9 Å². The van der Waals surface area contributed by atoms with Crippen LogP contribution in [0.4, 0.5) is 0 Å². The second-order valence-electron chi connectivity index (χ2n) is 4.76. The van der Waals surface area contributed by atoms with Crippen molar-refractivity contribution in [2.45, 2.75) is 31.2 Å². The van der Waals surface area contributed by atoms with Crippen LogP contribution >= 0.6 is 0 Å². The summed E-state index contributed by atoms with van der Waals surface area (Å²) < 4.78 is 0. The first-order chi connectivity index (χ1) is 8.35. The normalized spacial score (nSPS) is 19.4. The van der Waals surface area contributed by atoms with Gasteiger partial charge in [0.1, 0.15) is 0 Å². The topological polar surface area (TPSA) is 52.5 Å². The number of hydrogen-bond acceptors (Lipinski definition) is 3. The Bertz CT molecular complexity index is 350. The number of fused-ring (bicyclic) bond motifs is 1. The van der Waals surface area contributed by atoms with E-state index < -0.39 is 0 Å². The third-order valence-corrected chi connectivity index (χ3v) is 3.59. The van der Waals surface area contributed by atoms with Gasteiger partial charge >= 0.3 is 0 Å². The zero-order chi connectivity index (χ0) is 12.1. The van der Waals surface area contributed by atoms with Crippen LogP contribution in [0, 0.1) is 0 Å². The fourth-order valence-corrected chi connectivity index (χ4v) is 2.56. The average molecular weight is 235 g/mol. The van der Waals surface area contributed by atoms with Crippen molar-refractivity contribution in [3.05, 3.63) is 35.4 Å². The number of rotatable bonds is 5. The van der Waals surface area contributed by atoms with Crippen molar-refractivity contribution in [1.82, 2.24) is 5.32 Å². The minimum absolute atomic E-state index is 0.00906. The molecular weight excluding hydrogens is 214 g/mol. The summed E-state index contributed by atoms with van der Waals surface area (Å²) in [5.41, 5.74) is 2.89. The van der Waals surface area contributed by atoms with Gasteiger partial charge in [0.25, 0.3) is 0 Å². The van der Waals surface area contributed by atoms with Gasteiger partial charge in [0.2, 0.25) is 0 Å². The molecule has 1 unspecified atom stereocenters. The van der Waals surface area contributed by atoms with Gasteiger partial charge in [-0.1, -0.05) is 24.3 Å². The molecule has 1 aliphatic rings. The molecule has 0 saturated carbocycles. The Morgan fingerprint density at radius 1 is 1.24 bits per heavy atom. The molecule has 0 aromatic heterocycles. The van der Waals surface area contributed by atoms with Crippen LogP contribution in [-0.4, -0.2) is 36.0 Å². The Kier molecular flexibility index (Phi) is 4.54. The standard InChI is InChI=1S/C14H21NO2/c16-9-13(10-17)15-8-12-6-3-5-11-4-1-2-7-14(11)12/h1-2,4,7,12-13,15-17H,3,5-6,8-10H2. The highest BCUT2D eigenvalue weighted by Gasteiger charge is 2.20. The van der Waals surface area contributed by atoms with E-state index in [0.717, 1.165) is 6.54 Å². The summed E-state index contributed by atoms with van der Waals surface area (Å²) in [7, 11) is 0. The van der Waals surface area contributed by atoms with E-state index in [4.69, 9.17) is 10.2 Å². The molecule has 3 N–H and O–H groups in total. The Hall–Kier alpha value is -0.900. The molecule has 1 atom stereocenters. The first kappa shape index (κ1) is 12.6. The summed E-state index contributed by atoms with van der Waals surface area (Å²) in [5.74, 6) is 0.514. The number of hydrogen-bond donors (Lipinski definition) is 3. The SMILES string of the molecule is OCC(CO)NCC1CCCc2ccccc21. The lowest BCUT2D eigenvalue weighted by molar-refractivity contribution is 0.169. The summed E-state index contributed by atoms with van der Waals surface area (Å²) in [6, 6.07) is 8.40. The molecule has 0 bridgehead atoms. The molecule has 94 valence electrons. The molecule has 1 aromatic carbocycles. The van der Waals surface area contributed by atoms with Crippen LogP contribution in [0.15, 0.2) is 24.3 Å². The number of benzene rings is 1. The third kappa shape index (κ3) is 3.06. The summed E-state index contributed by atoms with van der Waals surface area (Å²) in [6.07, 6.45) is 3.59. The minimum Gasteiger partial charge on any atom is -0.395 e. The molecule has 0 aliphatic heterocycles. The second-order valence-corrected chi connectivity index (χ2v) is 4.76. The van der Waals surface area contributed by atoms with E-state index >= 15 is 0 Å². The fourth-order valence-electron chi connectivity index (χ4n) is 2.56. The highest BCUT2D eigenvalue weighted by molar-refractivity contribution is 5.32. The molecule has 0 fully saturated rings. The highest BCUT2D eigenvalue weighted by atomic mass is 16.3. The molecule has 17 heavy (non-hydrogen) atoms. The van der Waals surface area contributed by atoms with Crippen molar-refractivity contribution in [2.24, 2.45) is 0 Å². The summed E-state index contributed by atoms with van der Waals surface area (Å²) >= 11 is 0. The molecule has 0 spiro atoms. The maximum atomic E-state index is 9.03. The van der Waals surface area contributed by atoms with E-state index in [0.29, 0.717) is 5.92 Å². The number of aliphatic hydroxyl groups is 2. The smallest absolute Gasteiger partial charge is 0.0607 e. The van der Waals surface area contributed by atoms with Crippen molar-refractivity contribution >= 4 is 0 Å². The van der Waals surface area contributed by atoms with Crippen LogP contribution in [0.25, 0.3) is 0 Å². The van der Waals surface area contributed by atoms with Crippen LogP contribution in [0.3, 0.4) is 0 Å². The molecule has 1 aromatic rings. The Morgan fingerprint density at radius 2 is 2.00 bits per heavy atom. The van der Waals surface area contributed by atoms with Crippen molar-refractivity contribution < 1.29 is 10.2 Å². The highest BCUT2D eigenvalue weighted by Crippen LogP contribution is 2.30. The lowest BCUT2D eigenvalue weighted by Gasteiger charge is -2.27. The Balaban J connectivity index is 1.99. The Morgan fingerprint density at radius 3 is 2.76 bits per heavy atom. The molecule has 0 saturated heterocycles. The van der Waals surface area contributed by atoms with Crippen LogP contribution in [-0.2, 0) is 6.42 Å². The van der Waals surface area contributed by atoms with Gasteiger partial charge in [-0.25, -0.2) is 0 Å². The van der Waals surface area contributed by atoms with Gasteiger partial charge in [0, 0.05) is 6.54 Å². The van der Waals surface area contributed by atoms with E-state index in [-0.39, 0.29) is 19.3 Å². The summed E-state index contributed by atoms with van der Waals surface area (Å²) in [5, 5.41) is 21.3. The number of nitrogens with one attached hydrogen (secondary N) is 1. The largest absolute Gasteiger partial charge is 0.395 e. The molecule has 0 heterocycles. The predicted octanol–water partition coefficient (Wildman–Crippen LogP) is 1.05. The molecule has 3 heteroatoms. The van der Waals surface area contributed by atoms with Crippen molar-refractivity contribution in [1.29, 1.82) is 0 Å². The maximum Gasteiger partial charge on any atom is 0.0607 e. The van der Waals surface area contributed by atoms with Gasteiger partial charge in [-0.2, -0.15) is 0 Å². The van der Waals surface area contributed by atoms with Crippen LogP contribution < -0.4 is 5.32 Å². The zero-order valence-electron chi connectivity index (χ0n) is 10.1. The zero-order valence-corrected chi connectivity index (χ0v) is 10.1. The van der Waals surface area contributed by atoms with Gasteiger partial charge in [-0.05, 0) is 36.3 Å². The first-order valence-corrected chi connectivity index (χ1v) is 6.38. The van der Waals surface area contributed by atoms with E-state index in [9.17, 15) is 0 Å². The minimum atomic E-state index is -0.191. The van der Waals surface area contributed by atoms with Gasteiger partial charge in [0.05, 0.1) is 19.3 Å². The number of aryl methyl sites for hydroxylation is 1. The summed E-state index contributed by atoms with van der Waals surface area (Å²) in [6.45, 7) is 0.818. The maximum absolute atomic E-state index is 9.03. The molecule has 2 rings (SSSR count). The van der Waals surface area contributed by atoms with Gasteiger partial charge in [-0.15, -0.1) is 0 Å². The van der Waals surface area contributed by atoms with E-state index in [1.54, 1.807) is 0 Å². The molecule has 1 aliphatic carbocycles. The quantitative estimate of drug-likeness (QED) is 0.715. The van der Waals surface area contributed by atoms with E-state index in [2.05, 4.69) is 29.6 Å². The third-order valence-electron chi connectivity index (χ3n) is 3.59. The van der Waals surface area contributed by atoms with Crippen LogP contribution in [0.2, 0.25) is 0 Å². The predicted molar refractivity (Wildman–Crippen MR) is 68.1 cm³/mol. The lowest BCUT2D eigenvalue weighted by atomic mass is 9.83. The van der Waals surface area contributed by atoms with Gasteiger partial charge in [-0.3, -0.25) is 0 Å². The monoisotopic (exact) mass is 235 g/mol. The molecule has 3 nitrogen and oxygen atoms in total. The van der Waals surface area contributed by atoms with Gasteiger partial charge in [0.15, 0.2) is 0 Å². The molecule has 0 radical (unpaired) electrons. The lowest BCUT2D eigenvalue weighted by Crippen LogP contribution is -2.38. The summed E-state index contributed by atoms with van der Waals surface area (Å²) in [4.78, 5) is 0. The van der Waals surface area contributed by atoms with Crippen molar-refractivity contribution in [2.75, 3.05) is 19.8 Å². The Labute approximate surface area is 102 Å². The fraction of sp³-hybridized carbons (Fsp3) is 0.571. The van der Waals surface area contributed by atoms with Crippen molar-refractivity contribution in [3.8, 4) is 0 Å². The molecular formula is C14H21NO2. The molecule has 0 amide bonds. The van der Waals surface area contributed by atoms with E-state index in [1.165, 1.54) is 30.4 Å². The van der Waals surface area contributed by atoms with Gasteiger partial charge < -0.3 is 15.5 Å². The number of aliphatic hydroxyl groups excluding tert-OH is 2. The van der Waals surface area contributed by atoms with E-state index in [1.807, 2.05) is 0 Å².